The van der Waals surface area contributed by atoms with Gasteiger partial charge in [-0.3, -0.25) is 14.5 Å². The van der Waals surface area contributed by atoms with Crippen LogP contribution in [0.2, 0.25) is 0 Å². The van der Waals surface area contributed by atoms with Gasteiger partial charge in [0.25, 0.3) is 0 Å². The Labute approximate surface area is 267 Å². The molecule has 3 unspecified atom stereocenters. The predicted octanol–water partition coefficient (Wildman–Crippen LogP) is 10.6. The van der Waals surface area contributed by atoms with Crippen molar-refractivity contribution >= 4 is 11.8 Å². The Kier molecular flexibility index (Phi) is 24.9. The van der Waals surface area contributed by atoms with Crippen molar-refractivity contribution in [1.29, 1.82) is 0 Å². The average molecular weight is 606 g/mol. The zero-order chi connectivity index (χ0) is 31.5. The first-order valence-electron chi connectivity index (χ1n) is 18.6. The normalized spacial score (nSPS) is 16.7. The van der Waals surface area contributed by atoms with Gasteiger partial charge in [-0.2, -0.15) is 0 Å². The minimum atomic E-state index is -0.185. The highest BCUT2D eigenvalue weighted by Crippen LogP contribution is 2.26. The summed E-state index contributed by atoms with van der Waals surface area (Å²) in [5.41, 5.74) is 0. The summed E-state index contributed by atoms with van der Waals surface area (Å²) in [6.45, 7) is 16.0. The van der Waals surface area contributed by atoms with E-state index in [1.54, 1.807) is 0 Å². The lowest BCUT2D eigenvalue weighted by molar-refractivity contribution is -0.141. The van der Waals surface area contributed by atoms with Gasteiger partial charge in [0.2, 0.25) is 0 Å². The molecule has 5 heteroatoms. The maximum Gasteiger partial charge on any atom is 0.302 e. The first-order chi connectivity index (χ1) is 20.9. The number of carbonyl (C=O) groups excluding carboxylic acids is 2. The Balaban J connectivity index is 2.21. The summed E-state index contributed by atoms with van der Waals surface area (Å²) < 4.78 is 11.1. The van der Waals surface area contributed by atoms with Crippen molar-refractivity contribution in [3.8, 4) is 0 Å². The number of nitrogens with zero attached hydrogens (tertiary/aromatic N) is 1. The highest BCUT2D eigenvalue weighted by Gasteiger charge is 2.27. The van der Waals surface area contributed by atoms with Gasteiger partial charge in [-0.15, -0.1) is 0 Å². The van der Waals surface area contributed by atoms with Gasteiger partial charge >= 0.3 is 5.97 Å². The van der Waals surface area contributed by atoms with E-state index in [2.05, 4.69) is 32.3 Å². The Morgan fingerprint density at radius 3 is 1.86 bits per heavy atom. The van der Waals surface area contributed by atoms with Crippen molar-refractivity contribution in [1.82, 2.24) is 4.90 Å². The van der Waals surface area contributed by atoms with Crippen LogP contribution in [0.15, 0.2) is 12.3 Å². The molecule has 0 aromatic carbocycles. The van der Waals surface area contributed by atoms with Gasteiger partial charge in [-0.05, 0) is 64.5 Å². The molecule has 3 atom stereocenters. The lowest BCUT2D eigenvalue weighted by atomic mass is 9.83. The van der Waals surface area contributed by atoms with Crippen molar-refractivity contribution in [2.24, 2.45) is 11.8 Å². The Bertz CT molecular complexity index is 708. The van der Waals surface area contributed by atoms with Crippen LogP contribution in [-0.2, 0) is 19.1 Å². The molecule has 1 fully saturated rings. The van der Waals surface area contributed by atoms with Gasteiger partial charge in [-0.25, -0.2) is 0 Å². The quantitative estimate of drug-likeness (QED) is 0.0463. The van der Waals surface area contributed by atoms with Crippen molar-refractivity contribution in [2.45, 2.75) is 181 Å². The number of hydrogen-bond donors (Lipinski definition) is 0. The number of unbranched alkanes of at least 4 members (excludes halogenated alkanes) is 14. The molecule has 5 nitrogen and oxygen atoms in total. The number of rotatable bonds is 30. The molecule has 0 N–H and O–H groups in total. The van der Waals surface area contributed by atoms with Crippen LogP contribution >= 0.6 is 0 Å². The van der Waals surface area contributed by atoms with Crippen molar-refractivity contribution < 1.29 is 19.1 Å². The summed E-state index contributed by atoms with van der Waals surface area (Å²) in [7, 11) is 0. The van der Waals surface area contributed by atoms with Gasteiger partial charge in [0, 0.05) is 18.8 Å². The van der Waals surface area contributed by atoms with Crippen LogP contribution in [0.25, 0.3) is 0 Å². The summed E-state index contributed by atoms with van der Waals surface area (Å²) >= 11 is 0. The van der Waals surface area contributed by atoms with Crippen molar-refractivity contribution in [3.63, 3.8) is 0 Å². The van der Waals surface area contributed by atoms with Crippen LogP contribution in [-0.4, -0.2) is 49.0 Å². The Morgan fingerprint density at radius 2 is 1.23 bits per heavy atom. The third-order valence-corrected chi connectivity index (χ3v) is 9.40. The van der Waals surface area contributed by atoms with Crippen molar-refractivity contribution in [3.05, 3.63) is 12.3 Å². The first kappa shape index (κ1) is 39.7. The van der Waals surface area contributed by atoms with Gasteiger partial charge in [-0.1, -0.05) is 124 Å². The summed E-state index contributed by atoms with van der Waals surface area (Å²) in [5.74, 6) is 1.81. The summed E-state index contributed by atoms with van der Waals surface area (Å²) in [4.78, 5) is 26.8. The fraction of sp³-hybridized carbons (Fsp3) is 0.895. The molecule has 0 radical (unpaired) electrons. The second-order valence-electron chi connectivity index (χ2n) is 13.4. The van der Waals surface area contributed by atoms with Crippen molar-refractivity contribution in [2.75, 3.05) is 26.3 Å². The maximum atomic E-state index is 13.4. The minimum absolute atomic E-state index is 0.185. The second kappa shape index (κ2) is 27.0. The van der Waals surface area contributed by atoms with E-state index in [4.69, 9.17) is 9.47 Å². The standard InChI is InChI=1S/C38H71NO4/c1-6-8-10-12-13-20-27-36(26-19-11-9-7-2)38(41)33(3)25-18-14-16-22-31-42-34(4)37-28-24-30-39(37)29-21-15-17-23-32-43-35(5)40/h33,36-37H,4,6-32H2,1-3,5H3. The molecule has 0 spiro atoms. The van der Waals surface area contributed by atoms with E-state index in [9.17, 15) is 9.59 Å². The van der Waals surface area contributed by atoms with E-state index >= 15 is 0 Å². The first-order valence-corrected chi connectivity index (χ1v) is 18.6. The van der Waals surface area contributed by atoms with Gasteiger partial charge in [0.15, 0.2) is 0 Å². The van der Waals surface area contributed by atoms with E-state index in [0.29, 0.717) is 24.3 Å². The van der Waals surface area contributed by atoms with Gasteiger partial charge in [0.05, 0.1) is 19.3 Å². The molecule has 1 aliphatic heterocycles. The van der Waals surface area contributed by atoms with Crippen LogP contribution in [0.3, 0.4) is 0 Å². The zero-order valence-corrected chi connectivity index (χ0v) is 29.1. The maximum absolute atomic E-state index is 13.4. The molecule has 0 amide bonds. The summed E-state index contributed by atoms with van der Waals surface area (Å²) in [6.07, 6.45) is 27.4. The molecule has 0 saturated carbocycles. The fourth-order valence-corrected chi connectivity index (χ4v) is 6.61. The lowest BCUT2D eigenvalue weighted by Gasteiger charge is -2.26. The highest BCUT2D eigenvalue weighted by atomic mass is 16.5. The molecule has 1 rings (SSSR count). The third-order valence-electron chi connectivity index (χ3n) is 9.40. The average Bonchev–Trinajstić information content (AvgIpc) is 3.47. The van der Waals surface area contributed by atoms with Crippen LogP contribution < -0.4 is 0 Å². The van der Waals surface area contributed by atoms with Gasteiger partial charge < -0.3 is 9.47 Å². The predicted molar refractivity (Wildman–Crippen MR) is 182 cm³/mol. The van der Waals surface area contributed by atoms with E-state index in [-0.39, 0.29) is 11.9 Å². The molecule has 1 saturated heterocycles. The lowest BCUT2D eigenvalue weighted by Crippen LogP contribution is -2.32. The number of carbonyl (C=O) groups is 2. The fourth-order valence-electron chi connectivity index (χ4n) is 6.61. The number of esters is 1. The van der Waals surface area contributed by atoms with Crippen LogP contribution in [0.5, 0.6) is 0 Å². The monoisotopic (exact) mass is 606 g/mol. The molecule has 0 aromatic heterocycles. The molecule has 0 aliphatic carbocycles. The zero-order valence-electron chi connectivity index (χ0n) is 29.1. The number of Topliss-reactive ketones (excluding diaryl/α,β-unsaturated/α-hetero) is 1. The SMILES string of the molecule is C=C(OCCCCCCC(C)C(=O)C(CCCCCC)CCCCCCCC)C1CCCN1CCCCCCOC(C)=O. The number of ether oxygens (including phenoxy) is 2. The third kappa shape index (κ3) is 20.3. The van der Waals surface area contributed by atoms with Crippen LogP contribution in [0.1, 0.15) is 175 Å². The van der Waals surface area contributed by atoms with E-state index in [0.717, 1.165) is 83.2 Å². The van der Waals surface area contributed by atoms with Crippen LogP contribution in [0.4, 0.5) is 0 Å². The minimum Gasteiger partial charge on any atom is -0.497 e. The Hall–Kier alpha value is -1.36. The summed E-state index contributed by atoms with van der Waals surface area (Å²) in [6, 6.07) is 0.360. The smallest absolute Gasteiger partial charge is 0.302 e. The number of likely N-dealkylation sites (tertiary alicyclic amines) is 1. The molecule has 0 aromatic rings. The molecule has 252 valence electrons. The van der Waals surface area contributed by atoms with E-state index < -0.39 is 0 Å². The molecule has 1 heterocycles. The molecular formula is C38H71NO4. The molecule has 0 bridgehead atoms. The molecule has 43 heavy (non-hydrogen) atoms. The second-order valence-corrected chi connectivity index (χ2v) is 13.4. The van der Waals surface area contributed by atoms with Crippen LogP contribution in [0, 0.1) is 11.8 Å². The number of hydrogen-bond acceptors (Lipinski definition) is 5. The largest absolute Gasteiger partial charge is 0.497 e. The van der Waals surface area contributed by atoms with E-state index in [1.165, 1.54) is 96.8 Å². The van der Waals surface area contributed by atoms with Gasteiger partial charge in [0.1, 0.15) is 11.5 Å². The highest BCUT2D eigenvalue weighted by molar-refractivity contribution is 5.83. The molecular weight excluding hydrogens is 534 g/mol. The topological polar surface area (TPSA) is 55.8 Å². The summed E-state index contributed by atoms with van der Waals surface area (Å²) in [5, 5.41) is 0. The number of ketones is 1. The molecule has 1 aliphatic rings. The Morgan fingerprint density at radius 1 is 0.721 bits per heavy atom. The van der Waals surface area contributed by atoms with E-state index in [1.807, 2.05) is 0 Å².